The molecule has 0 spiro atoms. The minimum absolute atomic E-state index is 0.215. The SMILES string of the molecule is CCCc1cc(CC(=O)OC)ccc1OC. The molecular weight excluding hydrogens is 204 g/mol. The largest absolute Gasteiger partial charge is 0.496 e. The first-order chi connectivity index (χ1) is 7.71. The Morgan fingerprint density at radius 1 is 1.31 bits per heavy atom. The van der Waals surface area contributed by atoms with Gasteiger partial charge in [0.15, 0.2) is 0 Å². The lowest BCUT2D eigenvalue weighted by molar-refractivity contribution is -0.139. The maximum absolute atomic E-state index is 11.2. The lowest BCUT2D eigenvalue weighted by atomic mass is 10.0. The molecule has 0 heterocycles. The molecule has 16 heavy (non-hydrogen) atoms. The monoisotopic (exact) mass is 222 g/mol. The number of ether oxygens (including phenoxy) is 2. The van der Waals surface area contributed by atoms with Crippen LogP contribution in [0.4, 0.5) is 0 Å². The molecule has 0 aliphatic rings. The molecule has 0 saturated heterocycles. The predicted molar refractivity (Wildman–Crippen MR) is 62.7 cm³/mol. The van der Waals surface area contributed by atoms with Crippen molar-refractivity contribution in [3.05, 3.63) is 29.3 Å². The minimum Gasteiger partial charge on any atom is -0.496 e. The Morgan fingerprint density at radius 2 is 2.06 bits per heavy atom. The highest BCUT2D eigenvalue weighted by Gasteiger charge is 2.07. The Morgan fingerprint density at radius 3 is 2.62 bits per heavy atom. The highest BCUT2D eigenvalue weighted by atomic mass is 16.5. The van der Waals surface area contributed by atoms with Crippen LogP contribution < -0.4 is 4.74 Å². The predicted octanol–water partition coefficient (Wildman–Crippen LogP) is 2.36. The summed E-state index contributed by atoms with van der Waals surface area (Å²) in [5.74, 6) is 0.670. The topological polar surface area (TPSA) is 35.5 Å². The zero-order valence-corrected chi connectivity index (χ0v) is 10.1. The summed E-state index contributed by atoms with van der Waals surface area (Å²) in [7, 11) is 3.06. The van der Waals surface area contributed by atoms with E-state index in [-0.39, 0.29) is 5.97 Å². The van der Waals surface area contributed by atoms with Gasteiger partial charge in [0.1, 0.15) is 5.75 Å². The number of benzene rings is 1. The van der Waals surface area contributed by atoms with Crippen LogP contribution in [0.3, 0.4) is 0 Å². The number of rotatable bonds is 5. The van der Waals surface area contributed by atoms with E-state index >= 15 is 0 Å². The van der Waals surface area contributed by atoms with Crippen molar-refractivity contribution < 1.29 is 14.3 Å². The van der Waals surface area contributed by atoms with Crippen LogP contribution in [0.15, 0.2) is 18.2 Å². The van der Waals surface area contributed by atoms with E-state index in [1.807, 2.05) is 18.2 Å². The average molecular weight is 222 g/mol. The molecule has 3 heteroatoms. The third-order valence-corrected chi connectivity index (χ3v) is 2.44. The van der Waals surface area contributed by atoms with E-state index in [1.54, 1.807) is 7.11 Å². The van der Waals surface area contributed by atoms with Crippen LogP contribution in [0.1, 0.15) is 24.5 Å². The molecule has 0 amide bonds. The van der Waals surface area contributed by atoms with Crippen molar-refractivity contribution >= 4 is 5.97 Å². The van der Waals surface area contributed by atoms with Gasteiger partial charge in [-0.25, -0.2) is 0 Å². The zero-order chi connectivity index (χ0) is 12.0. The smallest absolute Gasteiger partial charge is 0.309 e. The average Bonchev–Trinajstić information content (AvgIpc) is 2.30. The van der Waals surface area contributed by atoms with Gasteiger partial charge in [0.05, 0.1) is 20.6 Å². The van der Waals surface area contributed by atoms with Crippen molar-refractivity contribution in [1.82, 2.24) is 0 Å². The van der Waals surface area contributed by atoms with E-state index < -0.39 is 0 Å². The van der Waals surface area contributed by atoms with Crippen LogP contribution in [-0.2, 0) is 22.4 Å². The van der Waals surface area contributed by atoms with E-state index in [9.17, 15) is 4.79 Å². The van der Waals surface area contributed by atoms with Crippen LogP contribution in [0.5, 0.6) is 5.75 Å². The van der Waals surface area contributed by atoms with E-state index in [1.165, 1.54) is 7.11 Å². The molecule has 0 fully saturated rings. The molecule has 0 unspecified atom stereocenters. The summed E-state index contributed by atoms with van der Waals surface area (Å²) in [4.78, 5) is 11.2. The van der Waals surface area contributed by atoms with Crippen LogP contribution in [0.25, 0.3) is 0 Å². The second-order valence-electron chi connectivity index (χ2n) is 3.65. The molecule has 88 valence electrons. The van der Waals surface area contributed by atoms with Gasteiger partial charge in [-0.2, -0.15) is 0 Å². The normalized spacial score (nSPS) is 9.94. The molecule has 0 aliphatic heterocycles. The molecule has 0 saturated carbocycles. The number of carbonyl (C=O) groups is 1. The Kier molecular flexibility index (Phi) is 4.83. The van der Waals surface area contributed by atoms with E-state index in [0.29, 0.717) is 6.42 Å². The van der Waals surface area contributed by atoms with Crippen molar-refractivity contribution in [2.24, 2.45) is 0 Å². The molecule has 0 atom stereocenters. The molecule has 0 N–H and O–H groups in total. The third-order valence-electron chi connectivity index (χ3n) is 2.44. The van der Waals surface area contributed by atoms with Crippen LogP contribution in [0.2, 0.25) is 0 Å². The number of hydrogen-bond donors (Lipinski definition) is 0. The summed E-state index contributed by atoms with van der Waals surface area (Å²) in [6.45, 7) is 2.12. The van der Waals surface area contributed by atoms with Crippen LogP contribution in [-0.4, -0.2) is 20.2 Å². The summed E-state index contributed by atoms with van der Waals surface area (Å²) < 4.78 is 9.91. The lowest BCUT2D eigenvalue weighted by Crippen LogP contribution is -2.05. The highest BCUT2D eigenvalue weighted by Crippen LogP contribution is 2.21. The number of aryl methyl sites for hydroxylation is 1. The van der Waals surface area contributed by atoms with Crippen molar-refractivity contribution in [2.75, 3.05) is 14.2 Å². The van der Waals surface area contributed by atoms with Gasteiger partial charge in [-0.3, -0.25) is 4.79 Å². The van der Waals surface area contributed by atoms with Crippen LogP contribution in [0, 0.1) is 0 Å². The van der Waals surface area contributed by atoms with E-state index in [2.05, 4.69) is 11.7 Å². The maximum atomic E-state index is 11.2. The molecule has 0 aromatic heterocycles. The summed E-state index contributed by atoms with van der Waals surface area (Å²) in [5, 5.41) is 0. The fourth-order valence-electron chi connectivity index (χ4n) is 1.65. The Labute approximate surface area is 96.4 Å². The third kappa shape index (κ3) is 3.26. The minimum atomic E-state index is -0.215. The first-order valence-electron chi connectivity index (χ1n) is 5.43. The summed E-state index contributed by atoms with van der Waals surface area (Å²) in [5.41, 5.74) is 2.11. The molecule has 1 aromatic carbocycles. The molecule has 3 nitrogen and oxygen atoms in total. The molecular formula is C13H18O3. The number of hydrogen-bond acceptors (Lipinski definition) is 3. The highest BCUT2D eigenvalue weighted by molar-refractivity contribution is 5.72. The van der Waals surface area contributed by atoms with E-state index in [0.717, 1.165) is 29.7 Å². The Balaban J connectivity index is 2.88. The summed E-state index contributed by atoms with van der Waals surface area (Å²) >= 11 is 0. The van der Waals surface area contributed by atoms with Gasteiger partial charge < -0.3 is 9.47 Å². The van der Waals surface area contributed by atoms with Gasteiger partial charge in [0.2, 0.25) is 0 Å². The fourth-order valence-corrected chi connectivity index (χ4v) is 1.65. The van der Waals surface area contributed by atoms with Crippen LogP contribution >= 0.6 is 0 Å². The molecule has 0 aliphatic carbocycles. The van der Waals surface area contributed by atoms with Gasteiger partial charge in [0.25, 0.3) is 0 Å². The Bertz CT molecular complexity index is 358. The van der Waals surface area contributed by atoms with Gasteiger partial charge in [-0.1, -0.05) is 25.5 Å². The lowest BCUT2D eigenvalue weighted by Gasteiger charge is -2.09. The first-order valence-corrected chi connectivity index (χ1v) is 5.43. The summed E-state index contributed by atoms with van der Waals surface area (Å²) in [6, 6.07) is 5.82. The van der Waals surface area contributed by atoms with Gasteiger partial charge >= 0.3 is 5.97 Å². The van der Waals surface area contributed by atoms with E-state index in [4.69, 9.17) is 4.74 Å². The second-order valence-corrected chi connectivity index (χ2v) is 3.65. The zero-order valence-electron chi connectivity index (χ0n) is 10.1. The molecule has 0 radical (unpaired) electrons. The standard InChI is InChI=1S/C13H18O3/c1-4-5-11-8-10(9-13(14)16-3)6-7-12(11)15-2/h6-8H,4-5,9H2,1-3H3. The van der Waals surface area contributed by atoms with Crippen molar-refractivity contribution in [3.63, 3.8) is 0 Å². The second kappa shape index (κ2) is 6.16. The molecule has 1 rings (SSSR count). The number of esters is 1. The van der Waals surface area contributed by atoms with Gasteiger partial charge in [-0.15, -0.1) is 0 Å². The quantitative estimate of drug-likeness (QED) is 0.717. The number of carbonyl (C=O) groups excluding carboxylic acids is 1. The van der Waals surface area contributed by atoms with Gasteiger partial charge in [0, 0.05) is 0 Å². The number of methoxy groups -OCH3 is 2. The van der Waals surface area contributed by atoms with Crippen molar-refractivity contribution in [2.45, 2.75) is 26.2 Å². The summed E-state index contributed by atoms with van der Waals surface area (Å²) in [6.07, 6.45) is 2.33. The van der Waals surface area contributed by atoms with Gasteiger partial charge in [-0.05, 0) is 23.6 Å². The fraction of sp³-hybridized carbons (Fsp3) is 0.462. The molecule has 1 aromatic rings. The van der Waals surface area contributed by atoms with Crippen molar-refractivity contribution in [1.29, 1.82) is 0 Å². The van der Waals surface area contributed by atoms with Crippen molar-refractivity contribution in [3.8, 4) is 5.75 Å². The molecule has 0 bridgehead atoms. The Hall–Kier alpha value is -1.51. The maximum Gasteiger partial charge on any atom is 0.309 e. The first kappa shape index (κ1) is 12.6.